The van der Waals surface area contributed by atoms with Crippen molar-refractivity contribution in [2.45, 2.75) is 25.7 Å². The van der Waals surface area contributed by atoms with Gasteiger partial charge in [0.05, 0.1) is 0 Å². The Morgan fingerprint density at radius 1 is 1.27 bits per heavy atom. The summed E-state index contributed by atoms with van der Waals surface area (Å²) in [6.45, 7) is 3.04. The molecule has 1 fully saturated rings. The lowest BCUT2D eigenvalue weighted by Gasteiger charge is -2.31. The molecule has 9 nitrogen and oxygen atoms in total. The highest BCUT2D eigenvalue weighted by molar-refractivity contribution is 5.94. The number of hydrogen-bond donors (Lipinski definition) is 1. The van der Waals surface area contributed by atoms with Crippen molar-refractivity contribution in [1.82, 2.24) is 29.6 Å². The fourth-order valence-electron chi connectivity index (χ4n) is 3.87. The smallest absolute Gasteiger partial charge is 0.278 e. The first kappa shape index (κ1) is 18.3. The van der Waals surface area contributed by atoms with Crippen molar-refractivity contribution in [1.29, 1.82) is 0 Å². The molecule has 1 amide bonds. The second kappa shape index (κ2) is 7.25. The van der Waals surface area contributed by atoms with Gasteiger partial charge in [0.2, 0.25) is 0 Å². The molecular weight excluding hydrogens is 384 g/mol. The predicted molar refractivity (Wildman–Crippen MR) is 108 cm³/mol. The van der Waals surface area contributed by atoms with Crippen LogP contribution in [0.5, 0.6) is 0 Å². The molecule has 3 aromatic heterocycles. The average Bonchev–Trinajstić information content (AvgIpc) is 3.41. The van der Waals surface area contributed by atoms with E-state index in [2.05, 4.69) is 20.2 Å². The lowest BCUT2D eigenvalue weighted by atomic mass is 9.96. The Kier molecular flexibility index (Phi) is 4.42. The number of benzene rings is 1. The van der Waals surface area contributed by atoms with Gasteiger partial charge >= 0.3 is 0 Å². The number of rotatable bonds is 3. The van der Waals surface area contributed by atoms with E-state index in [1.165, 1.54) is 4.52 Å². The monoisotopic (exact) mass is 404 g/mol. The van der Waals surface area contributed by atoms with Crippen molar-refractivity contribution >= 4 is 11.4 Å². The number of piperidine rings is 1. The zero-order valence-electron chi connectivity index (χ0n) is 16.4. The highest BCUT2D eigenvalue weighted by Gasteiger charge is 2.29. The Morgan fingerprint density at radius 2 is 2.10 bits per heavy atom. The lowest BCUT2D eigenvalue weighted by Crippen LogP contribution is -2.39. The summed E-state index contributed by atoms with van der Waals surface area (Å²) in [6, 6.07) is 10.9. The van der Waals surface area contributed by atoms with Crippen LogP contribution in [0.25, 0.3) is 17.1 Å². The van der Waals surface area contributed by atoms with Crippen LogP contribution in [-0.4, -0.2) is 48.6 Å². The number of aryl methyl sites for hydroxylation is 1. The van der Waals surface area contributed by atoms with Crippen LogP contribution in [0.15, 0.2) is 51.9 Å². The maximum absolute atomic E-state index is 12.8. The first-order chi connectivity index (χ1) is 14.6. The van der Waals surface area contributed by atoms with Gasteiger partial charge in [0, 0.05) is 42.5 Å². The molecule has 0 radical (unpaired) electrons. The lowest BCUT2D eigenvalue weighted by molar-refractivity contribution is 0.0703. The molecule has 30 heavy (non-hydrogen) atoms. The normalized spacial score (nSPS) is 16.8. The van der Waals surface area contributed by atoms with Crippen molar-refractivity contribution in [3.05, 3.63) is 70.0 Å². The summed E-state index contributed by atoms with van der Waals surface area (Å²) in [5.41, 5.74) is 2.01. The zero-order chi connectivity index (χ0) is 20.7. The number of H-pyrrole nitrogens is 1. The third kappa shape index (κ3) is 3.28. The Balaban J connectivity index is 1.38. The summed E-state index contributed by atoms with van der Waals surface area (Å²) in [6.07, 6.45) is 3.48. The SMILES string of the molecule is Cc1cn2nc(-c3nc([C@@H]4CCCN(C(=O)c5ccccc5)C4)no3)cc2c(=O)[nH]1. The van der Waals surface area contributed by atoms with E-state index >= 15 is 0 Å². The van der Waals surface area contributed by atoms with Crippen LogP contribution in [0.1, 0.15) is 40.6 Å². The van der Waals surface area contributed by atoms with Gasteiger partial charge in [0.1, 0.15) is 5.52 Å². The van der Waals surface area contributed by atoms with Crippen molar-refractivity contribution < 1.29 is 9.32 Å². The average molecular weight is 404 g/mol. The Hall–Kier alpha value is -3.75. The zero-order valence-corrected chi connectivity index (χ0v) is 16.4. The standard InChI is InChI=1S/C21H20N6O3/c1-13-11-27-17(19(28)22-13)10-16(24-27)20-23-18(25-30-20)15-8-5-9-26(12-15)21(29)14-6-3-2-4-7-14/h2-4,6-7,10-11,15H,5,8-9,12H2,1H3,(H,22,28)/t15-/m1/s1. The van der Waals surface area contributed by atoms with E-state index in [0.29, 0.717) is 41.4 Å². The van der Waals surface area contributed by atoms with Gasteiger partial charge in [-0.3, -0.25) is 9.59 Å². The molecule has 4 aromatic rings. The molecule has 1 saturated heterocycles. The second-order valence-electron chi connectivity index (χ2n) is 7.54. The molecule has 1 aliphatic rings. The van der Waals surface area contributed by atoms with Crippen molar-refractivity contribution in [3.8, 4) is 11.6 Å². The van der Waals surface area contributed by atoms with Crippen LogP contribution in [0.2, 0.25) is 0 Å². The number of fused-ring (bicyclic) bond motifs is 1. The molecule has 1 N–H and O–H groups in total. The molecule has 0 saturated carbocycles. The van der Waals surface area contributed by atoms with E-state index in [9.17, 15) is 9.59 Å². The maximum Gasteiger partial charge on any atom is 0.278 e. The van der Waals surface area contributed by atoms with E-state index in [1.807, 2.05) is 35.2 Å². The van der Waals surface area contributed by atoms with Gasteiger partial charge in [-0.15, -0.1) is 0 Å². The molecule has 0 aliphatic carbocycles. The van der Waals surface area contributed by atoms with Gasteiger partial charge in [0.25, 0.3) is 17.4 Å². The summed E-state index contributed by atoms with van der Waals surface area (Å²) in [5.74, 6) is 0.820. The highest BCUT2D eigenvalue weighted by Crippen LogP contribution is 2.27. The minimum Gasteiger partial charge on any atom is -0.338 e. The summed E-state index contributed by atoms with van der Waals surface area (Å²) in [7, 11) is 0. The second-order valence-corrected chi connectivity index (χ2v) is 7.54. The van der Waals surface area contributed by atoms with Crippen molar-refractivity contribution in [3.63, 3.8) is 0 Å². The molecule has 4 heterocycles. The van der Waals surface area contributed by atoms with Crippen LogP contribution in [0.3, 0.4) is 0 Å². The summed E-state index contributed by atoms with van der Waals surface area (Å²) < 4.78 is 6.94. The summed E-state index contributed by atoms with van der Waals surface area (Å²) in [4.78, 5) is 34.0. The fourth-order valence-corrected chi connectivity index (χ4v) is 3.87. The van der Waals surface area contributed by atoms with Crippen LogP contribution in [0.4, 0.5) is 0 Å². The third-order valence-electron chi connectivity index (χ3n) is 5.35. The largest absolute Gasteiger partial charge is 0.338 e. The van der Waals surface area contributed by atoms with Gasteiger partial charge in [-0.05, 0) is 31.9 Å². The predicted octanol–water partition coefficient (Wildman–Crippen LogP) is 2.40. The molecule has 1 atom stereocenters. The molecule has 0 unspecified atom stereocenters. The van der Waals surface area contributed by atoms with Gasteiger partial charge in [-0.25, -0.2) is 4.52 Å². The number of likely N-dealkylation sites (tertiary alicyclic amines) is 1. The van der Waals surface area contributed by atoms with Gasteiger partial charge in [-0.2, -0.15) is 10.1 Å². The van der Waals surface area contributed by atoms with E-state index in [4.69, 9.17) is 4.52 Å². The minimum absolute atomic E-state index is 0.00779. The third-order valence-corrected chi connectivity index (χ3v) is 5.35. The van der Waals surface area contributed by atoms with Crippen LogP contribution >= 0.6 is 0 Å². The number of amides is 1. The summed E-state index contributed by atoms with van der Waals surface area (Å²) in [5, 5.41) is 8.52. The van der Waals surface area contributed by atoms with Gasteiger partial charge < -0.3 is 14.4 Å². The molecule has 0 spiro atoms. The number of nitrogens with zero attached hydrogens (tertiary/aromatic N) is 5. The van der Waals surface area contributed by atoms with Crippen LogP contribution in [0, 0.1) is 6.92 Å². The molecular formula is C21H20N6O3. The molecule has 1 aliphatic heterocycles. The Labute approximate surface area is 171 Å². The first-order valence-electron chi connectivity index (χ1n) is 9.86. The van der Waals surface area contributed by atoms with Crippen molar-refractivity contribution in [2.75, 3.05) is 13.1 Å². The molecule has 9 heteroatoms. The maximum atomic E-state index is 12.8. The first-order valence-corrected chi connectivity index (χ1v) is 9.86. The number of carbonyl (C=O) groups excluding carboxylic acids is 1. The quantitative estimate of drug-likeness (QED) is 0.562. The Morgan fingerprint density at radius 3 is 2.93 bits per heavy atom. The number of hydrogen-bond acceptors (Lipinski definition) is 6. The van der Waals surface area contributed by atoms with E-state index in [-0.39, 0.29) is 23.3 Å². The molecule has 0 bridgehead atoms. The molecule has 1 aromatic carbocycles. The van der Waals surface area contributed by atoms with Crippen LogP contribution < -0.4 is 5.56 Å². The minimum atomic E-state index is -0.226. The number of aromatic nitrogens is 5. The molecule has 152 valence electrons. The number of aromatic amines is 1. The van der Waals surface area contributed by atoms with E-state index in [1.54, 1.807) is 19.2 Å². The Bertz CT molecular complexity index is 1270. The van der Waals surface area contributed by atoms with Crippen molar-refractivity contribution in [2.24, 2.45) is 0 Å². The topological polar surface area (TPSA) is 109 Å². The van der Waals surface area contributed by atoms with E-state index in [0.717, 1.165) is 12.8 Å². The summed E-state index contributed by atoms with van der Waals surface area (Å²) >= 11 is 0. The number of nitrogens with one attached hydrogen (secondary N) is 1. The fraction of sp³-hybridized carbons (Fsp3) is 0.286. The van der Waals surface area contributed by atoms with Crippen LogP contribution in [-0.2, 0) is 0 Å². The van der Waals surface area contributed by atoms with Gasteiger partial charge in [-0.1, -0.05) is 23.4 Å². The van der Waals surface area contributed by atoms with Gasteiger partial charge in [0.15, 0.2) is 11.5 Å². The number of carbonyl (C=O) groups is 1. The van der Waals surface area contributed by atoms with E-state index < -0.39 is 0 Å². The molecule has 5 rings (SSSR count). The highest BCUT2D eigenvalue weighted by atomic mass is 16.5.